The standard InChI is InChI=1S/C13H19N5O3/c1-18-6-3-13(4-7-18,12(14)17-21)16-11(20)9-2-5-15-8-10(9)19/h2,5,8,19,21H,3-4,6-7H2,1H3,(H2,14,17)(H,16,20). The molecule has 1 aromatic rings. The first-order valence-electron chi connectivity index (χ1n) is 6.60. The van der Waals surface area contributed by atoms with Gasteiger partial charge in [0.25, 0.3) is 5.91 Å². The van der Waals surface area contributed by atoms with E-state index in [1.165, 1.54) is 18.5 Å². The molecular formula is C13H19N5O3. The molecular weight excluding hydrogens is 274 g/mol. The van der Waals surface area contributed by atoms with Crippen LogP contribution in [-0.2, 0) is 0 Å². The van der Waals surface area contributed by atoms with Crippen molar-refractivity contribution in [2.75, 3.05) is 20.1 Å². The summed E-state index contributed by atoms with van der Waals surface area (Å²) in [4.78, 5) is 18.2. The summed E-state index contributed by atoms with van der Waals surface area (Å²) in [7, 11) is 1.96. The van der Waals surface area contributed by atoms with E-state index in [0.29, 0.717) is 25.9 Å². The maximum absolute atomic E-state index is 12.3. The van der Waals surface area contributed by atoms with E-state index < -0.39 is 11.4 Å². The van der Waals surface area contributed by atoms with Crippen LogP contribution < -0.4 is 11.1 Å². The van der Waals surface area contributed by atoms with E-state index in [0.717, 1.165) is 0 Å². The molecule has 1 aliphatic heterocycles. The number of hydrogen-bond acceptors (Lipinski definition) is 6. The predicted octanol–water partition coefficient (Wildman–Crippen LogP) is -0.272. The summed E-state index contributed by atoms with van der Waals surface area (Å²) in [6, 6.07) is 1.42. The van der Waals surface area contributed by atoms with E-state index in [-0.39, 0.29) is 17.1 Å². The maximum atomic E-state index is 12.3. The third kappa shape index (κ3) is 3.05. The fourth-order valence-corrected chi connectivity index (χ4v) is 2.40. The van der Waals surface area contributed by atoms with Gasteiger partial charge in [0.1, 0.15) is 11.3 Å². The highest BCUT2D eigenvalue weighted by molar-refractivity contribution is 6.01. The minimum atomic E-state index is -0.909. The molecule has 0 atom stereocenters. The Morgan fingerprint density at radius 1 is 1.52 bits per heavy atom. The SMILES string of the molecule is CN1CCC(NC(=O)c2ccncc2O)(/C(N)=N/O)CC1. The van der Waals surface area contributed by atoms with E-state index in [9.17, 15) is 9.90 Å². The molecule has 0 saturated carbocycles. The summed E-state index contributed by atoms with van der Waals surface area (Å²) >= 11 is 0. The fourth-order valence-electron chi connectivity index (χ4n) is 2.40. The number of aromatic hydroxyl groups is 1. The van der Waals surface area contributed by atoms with E-state index in [1.807, 2.05) is 7.05 Å². The van der Waals surface area contributed by atoms with Gasteiger partial charge in [0.15, 0.2) is 5.84 Å². The van der Waals surface area contributed by atoms with Crippen molar-refractivity contribution in [3.8, 4) is 5.75 Å². The fraction of sp³-hybridized carbons (Fsp3) is 0.462. The zero-order valence-electron chi connectivity index (χ0n) is 11.8. The molecule has 114 valence electrons. The van der Waals surface area contributed by atoms with Gasteiger partial charge in [-0.2, -0.15) is 0 Å². The monoisotopic (exact) mass is 293 g/mol. The van der Waals surface area contributed by atoms with Crippen LogP contribution in [0.3, 0.4) is 0 Å². The molecule has 0 bridgehead atoms. The van der Waals surface area contributed by atoms with Crippen LogP contribution in [0.1, 0.15) is 23.2 Å². The molecule has 2 heterocycles. The number of hydrogen-bond donors (Lipinski definition) is 4. The van der Waals surface area contributed by atoms with Gasteiger partial charge in [0.2, 0.25) is 0 Å². The number of carbonyl (C=O) groups is 1. The second kappa shape index (κ2) is 5.96. The maximum Gasteiger partial charge on any atom is 0.255 e. The minimum absolute atomic E-state index is 0.0301. The molecule has 0 aliphatic carbocycles. The van der Waals surface area contributed by atoms with E-state index >= 15 is 0 Å². The second-order valence-electron chi connectivity index (χ2n) is 5.22. The number of oxime groups is 1. The molecule has 8 heteroatoms. The summed E-state index contributed by atoms with van der Waals surface area (Å²) in [5.41, 5.74) is 4.98. The van der Waals surface area contributed by atoms with Crippen molar-refractivity contribution in [3.05, 3.63) is 24.0 Å². The Morgan fingerprint density at radius 3 is 2.76 bits per heavy atom. The first-order chi connectivity index (χ1) is 9.98. The molecule has 1 saturated heterocycles. The van der Waals surface area contributed by atoms with Crippen LogP contribution in [0, 0.1) is 0 Å². The van der Waals surface area contributed by atoms with Crippen molar-refractivity contribution in [2.45, 2.75) is 18.4 Å². The quantitative estimate of drug-likeness (QED) is 0.263. The topological polar surface area (TPSA) is 124 Å². The molecule has 1 fully saturated rings. The van der Waals surface area contributed by atoms with Crippen LogP contribution >= 0.6 is 0 Å². The molecule has 2 rings (SSSR count). The lowest BCUT2D eigenvalue weighted by molar-refractivity contribution is 0.0883. The van der Waals surface area contributed by atoms with Gasteiger partial charge in [0, 0.05) is 19.3 Å². The van der Waals surface area contributed by atoms with Gasteiger partial charge in [-0.15, -0.1) is 0 Å². The van der Waals surface area contributed by atoms with Gasteiger partial charge in [0.05, 0.1) is 11.8 Å². The van der Waals surface area contributed by atoms with Crippen LogP contribution in [0.25, 0.3) is 0 Å². The zero-order valence-corrected chi connectivity index (χ0v) is 11.8. The third-order valence-corrected chi connectivity index (χ3v) is 3.84. The largest absolute Gasteiger partial charge is 0.505 e. The van der Waals surface area contributed by atoms with Gasteiger partial charge in [-0.1, -0.05) is 5.16 Å². The summed E-state index contributed by atoms with van der Waals surface area (Å²) in [5, 5.41) is 24.5. The van der Waals surface area contributed by atoms with Crippen molar-refractivity contribution >= 4 is 11.7 Å². The predicted molar refractivity (Wildman–Crippen MR) is 76.2 cm³/mol. The summed E-state index contributed by atoms with van der Waals surface area (Å²) in [6.45, 7) is 1.41. The van der Waals surface area contributed by atoms with Gasteiger partial charge in [-0.05, 0) is 26.0 Å². The average Bonchev–Trinajstić information content (AvgIpc) is 2.49. The number of amidine groups is 1. The highest BCUT2D eigenvalue weighted by Crippen LogP contribution is 2.24. The molecule has 0 aromatic carbocycles. The Morgan fingerprint density at radius 2 is 2.19 bits per heavy atom. The molecule has 8 nitrogen and oxygen atoms in total. The molecule has 1 aliphatic rings. The highest BCUT2D eigenvalue weighted by Gasteiger charge is 2.40. The smallest absolute Gasteiger partial charge is 0.255 e. The van der Waals surface area contributed by atoms with Crippen molar-refractivity contribution in [3.63, 3.8) is 0 Å². The Balaban J connectivity index is 2.24. The third-order valence-electron chi connectivity index (χ3n) is 3.84. The van der Waals surface area contributed by atoms with Crippen LogP contribution in [-0.4, -0.2) is 57.6 Å². The average molecular weight is 293 g/mol. The van der Waals surface area contributed by atoms with Crippen LogP contribution in [0.15, 0.2) is 23.6 Å². The van der Waals surface area contributed by atoms with E-state index in [1.54, 1.807) is 0 Å². The lowest BCUT2D eigenvalue weighted by atomic mass is 9.86. The van der Waals surface area contributed by atoms with Gasteiger partial charge in [-0.25, -0.2) is 0 Å². The number of carbonyl (C=O) groups excluding carboxylic acids is 1. The van der Waals surface area contributed by atoms with Gasteiger partial charge >= 0.3 is 0 Å². The van der Waals surface area contributed by atoms with Crippen LogP contribution in [0.4, 0.5) is 0 Å². The minimum Gasteiger partial charge on any atom is -0.505 e. The van der Waals surface area contributed by atoms with Crippen LogP contribution in [0.5, 0.6) is 5.75 Å². The summed E-state index contributed by atoms with van der Waals surface area (Å²) < 4.78 is 0. The van der Waals surface area contributed by atoms with E-state index in [4.69, 9.17) is 10.9 Å². The normalized spacial score (nSPS) is 19.2. The van der Waals surface area contributed by atoms with Crippen molar-refractivity contribution in [1.29, 1.82) is 0 Å². The first kappa shape index (κ1) is 15.0. The number of likely N-dealkylation sites (tertiary alicyclic amines) is 1. The van der Waals surface area contributed by atoms with Crippen molar-refractivity contribution in [2.24, 2.45) is 10.9 Å². The summed E-state index contributed by atoms with van der Waals surface area (Å²) in [5.74, 6) is -0.721. The number of nitrogens with one attached hydrogen (secondary N) is 1. The first-order valence-corrected chi connectivity index (χ1v) is 6.60. The van der Waals surface area contributed by atoms with Crippen molar-refractivity contribution < 1.29 is 15.1 Å². The number of piperidine rings is 1. The number of nitrogens with zero attached hydrogens (tertiary/aromatic N) is 3. The lowest BCUT2D eigenvalue weighted by Gasteiger charge is -2.40. The molecule has 0 spiro atoms. The van der Waals surface area contributed by atoms with Gasteiger partial charge in [-0.3, -0.25) is 9.78 Å². The zero-order chi connectivity index (χ0) is 15.5. The molecule has 0 unspecified atom stereocenters. The lowest BCUT2D eigenvalue weighted by Crippen LogP contribution is -2.62. The Bertz CT molecular complexity index is 552. The van der Waals surface area contributed by atoms with Gasteiger partial charge < -0.3 is 26.3 Å². The second-order valence-corrected chi connectivity index (χ2v) is 5.22. The van der Waals surface area contributed by atoms with E-state index in [2.05, 4.69) is 20.4 Å². The number of amides is 1. The Labute approximate surface area is 122 Å². The summed E-state index contributed by atoms with van der Waals surface area (Å²) in [6.07, 6.45) is 3.66. The molecule has 5 N–H and O–H groups in total. The Hall–Kier alpha value is -2.35. The number of rotatable bonds is 3. The molecule has 0 radical (unpaired) electrons. The number of nitrogens with two attached hydrogens (primary N) is 1. The molecule has 1 amide bonds. The van der Waals surface area contributed by atoms with Crippen molar-refractivity contribution in [1.82, 2.24) is 15.2 Å². The number of aromatic nitrogens is 1. The molecule has 21 heavy (non-hydrogen) atoms. The Kier molecular flexibility index (Phi) is 4.27. The number of pyridine rings is 1. The van der Waals surface area contributed by atoms with Crippen LogP contribution in [0.2, 0.25) is 0 Å². The molecule has 1 aromatic heterocycles. The highest BCUT2D eigenvalue weighted by atomic mass is 16.4.